The fraction of sp³-hybridized carbons (Fsp3) is 0.652. The van der Waals surface area contributed by atoms with Gasteiger partial charge in [0, 0.05) is 6.04 Å². The predicted molar refractivity (Wildman–Crippen MR) is 110 cm³/mol. The van der Waals surface area contributed by atoms with Crippen LogP contribution in [0.25, 0.3) is 0 Å². The molecule has 0 aliphatic carbocycles. The number of nitrogens with zero attached hydrogens (tertiary/aromatic N) is 1. The first kappa shape index (κ1) is 22.3. The lowest BCUT2D eigenvalue weighted by Gasteiger charge is -2.33. The molecule has 5 nitrogen and oxygen atoms in total. The Kier molecular flexibility index (Phi) is 7.90. The van der Waals surface area contributed by atoms with Crippen LogP contribution < -0.4 is 0 Å². The molecular formula is C23H35NO4. The van der Waals surface area contributed by atoms with Gasteiger partial charge in [0.1, 0.15) is 11.6 Å². The van der Waals surface area contributed by atoms with Crippen molar-refractivity contribution in [2.24, 2.45) is 5.92 Å². The van der Waals surface area contributed by atoms with Crippen LogP contribution in [0.1, 0.15) is 65.9 Å². The Labute approximate surface area is 169 Å². The van der Waals surface area contributed by atoms with Gasteiger partial charge in [0.05, 0.1) is 6.61 Å². The smallest absolute Gasteiger partial charge is 0.411 e. The Morgan fingerprint density at radius 2 is 1.82 bits per heavy atom. The van der Waals surface area contributed by atoms with E-state index in [1.807, 2.05) is 39.0 Å². The summed E-state index contributed by atoms with van der Waals surface area (Å²) in [4.78, 5) is 27.4. The third-order valence-electron chi connectivity index (χ3n) is 5.12. The van der Waals surface area contributed by atoms with E-state index in [9.17, 15) is 9.59 Å². The van der Waals surface area contributed by atoms with Gasteiger partial charge in [-0.05, 0) is 58.4 Å². The highest BCUT2D eigenvalue weighted by atomic mass is 16.6. The van der Waals surface area contributed by atoms with Gasteiger partial charge in [0.2, 0.25) is 0 Å². The van der Waals surface area contributed by atoms with Crippen molar-refractivity contribution in [3.05, 3.63) is 35.9 Å². The number of ether oxygens (including phenoxy) is 2. The molecule has 0 bridgehead atoms. The zero-order valence-corrected chi connectivity index (χ0v) is 17.9. The second kappa shape index (κ2) is 9.94. The number of hydrogen-bond donors (Lipinski definition) is 0. The Bertz CT molecular complexity index is 638. The zero-order valence-electron chi connectivity index (χ0n) is 17.9. The van der Waals surface area contributed by atoms with Gasteiger partial charge in [-0.2, -0.15) is 0 Å². The molecule has 1 aromatic rings. The summed E-state index contributed by atoms with van der Waals surface area (Å²) in [6.45, 7) is 9.79. The number of unbranched alkanes of at least 4 members (excludes halogenated alkanes) is 1. The van der Waals surface area contributed by atoms with Crippen molar-refractivity contribution >= 4 is 12.1 Å². The highest BCUT2D eigenvalue weighted by molar-refractivity contribution is 5.82. The van der Waals surface area contributed by atoms with Crippen LogP contribution in [0, 0.1) is 5.92 Å². The van der Waals surface area contributed by atoms with Crippen LogP contribution >= 0.6 is 0 Å². The SMILES string of the molecule is CCCC[C@@H]1[C@H](Cc2ccccc2)C[C@@H](C(=O)OCC)N1C(=O)OC(C)(C)C. The van der Waals surface area contributed by atoms with Crippen molar-refractivity contribution in [1.29, 1.82) is 0 Å². The molecule has 2 rings (SSSR count). The third-order valence-corrected chi connectivity index (χ3v) is 5.12. The van der Waals surface area contributed by atoms with E-state index in [0.717, 1.165) is 25.7 Å². The predicted octanol–water partition coefficient (Wildman–Crippen LogP) is 4.98. The molecule has 156 valence electrons. The van der Waals surface area contributed by atoms with Gasteiger partial charge in [0.25, 0.3) is 0 Å². The van der Waals surface area contributed by atoms with Crippen molar-refractivity contribution in [3.63, 3.8) is 0 Å². The number of esters is 1. The van der Waals surface area contributed by atoms with Crippen LogP contribution in [-0.2, 0) is 20.7 Å². The average molecular weight is 390 g/mol. The first-order valence-corrected chi connectivity index (χ1v) is 10.5. The quantitative estimate of drug-likeness (QED) is 0.617. The molecular weight excluding hydrogens is 354 g/mol. The van der Waals surface area contributed by atoms with Crippen molar-refractivity contribution < 1.29 is 19.1 Å². The van der Waals surface area contributed by atoms with E-state index in [0.29, 0.717) is 13.0 Å². The maximum absolute atomic E-state index is 13.0. The minimum absolute atomic E-state index is 0.0237. The first-order chi connectivity index (χ1) is 13.3. The summed E-state index contributed by atoms with van der Waals surface area (Å²) >= 11 is 0. The second-order valence-electron chi connectivity index (χ2n) is 8.55. The minimum Gasteiger partial charge on any atom is -0.464 e. The fourth-order valence-corrected chi connectivity index (χ4v) is 3.97. The molecule has 1 aliphatic rings. The molecule has 0 aromatic heterocycles. The monoisotopic (exact) mass is 389 g/mol. The number of hydrogen-bond acceptors (Lipinski definition) is 4. The van der Waals surface area contributed by atoms with Crippen LogP contribution in [-0.4, -0.2) is 41.3 Å². The van der Waals surface area contributed by atoms with Crippen LogP contribution in [0.3, 0.4) is 0 Å². The van der Waals surface area contributed by atoms with E-state index < -0.39 is 17.7 Å². The van der Waals surface area contributed by atoms with Gasteiger partial charge in [-0.1, -0.05) is 50.1 Å². The summed E-state index contributed by atoms with van der Waals surface area (Å²) in [5.41, 5.74) is 0.617. The molecule has 0 saturated carbocycles. The molecule has 0 spiro atoms. The molecule has 28 heavy (non-hydrogen) atoms. The van der Waals surface area contributed by atoms with E-state index in [1.165, 1.54) is 5.56 Å². The normalized spacial score (nSPS) is 22.2. The molecule has 5 heteroatoms. The van der Waals surface area contributed by atoms with E-state index in [2.05, 4.69) is 19.1 Å². The molecule has 1 heterocycles. The maximum atomic E-state index is 13.0. The standard InChI is InChI=1S/C23H35NO4/c1-6-8-14-19-18(15-17-12-10-9-11-13-17)16-20(21(25)27-7-2)24(19)22(26)28-23(3,4)5/h9-13,18-20H,6-8,14-16H2,1-5H3/t18-,19-,20+/m1/s1. The van der Waals surface area contributed by atoms with Gasteiger partial charge in [-0.3, -0.25) is 4.90 Å². The van der Waals surface area contributed by atoms with Crippen LogP contribution in [0.4, 0.5) is 4.79 Å². The average Bonchev–Trinajstić information content (AvgIpc) is 2.98. The largest absolute Gasteiger partial charge is 0.464 e. The molecule has 1 aromatic carbocycles. The van der Waals surface area contributed by atoms with E-state index in [1.54, 1.807) is 11.8 Å². The molecule has 1 fully saturated rings. The summed E-state index contributed by atoms with van der Waals surface area (Å²) in [6, 6.07) is 9.66. The van der Waals surface area contributed by atoms with Gasteiger partial charge >= 0.3 is 12.1 Å². The van der Waals surface area contributed by atoms with Crippen LogP contribution in [0.2, 0.25) is 0 Å². The van der Waals surface area contributed by atoms with Gasteiger partial charge in [-0.15, -0.1) is 0 Å². The molecule has 0 unspecified atom stereocenters. The summed E-state index contributed by atoms with van der Waals surface area (Å²) in [7, 11) is 0. The topological polar surface area (TPSA) is 55.8 Å². The minimum atomic E-state index is -0.608. The maximum Gasteiger partial charge on any atom is 0.411 e. The fourth-order valence-electron chi connectivity index (χ4n) is 3.97. The molecule has 1 saturated heterocycles. The summed E-state index contributed by atoms with van der Waals surface area (Å²) < 4.78 is 11.0. The zero-order chi connectivity index (χ0) is 20.7. The lowest BCUT2D eigenvalue weighted by Crippen LogP contribution is -2.48. The number of rotatable bonds is 7. The summed E-state index contributed by atoms with van der Waals surface area (Å²) in [5, 5.41) is 0. The molecule has 0 radical (unpaired) electrons. The number of carbonyl (C=O) groups excluding carboxylic acids is 2. The number of benzene rings is 1. The number of carbonyl (C=O) groups is 2. The van der Waals surface area contributed by atoms with Crippen molar-refractivity contribution in [2.45, 2.75) is 84.4 Å². The van der Waals surface area contributed by atoms with E-state index >= 15 is 0 Å². The Hall–Kier alpha value is -2.04. The van der Waals surface area contributed by atoms with E-state index in [-0.39, 0.29) is 17.9 Å². The Morgan fingerprint density at radius 1 is 1.14 bits per heavy atom. The summed E-state index contributed by atoms with van der Waals surface area (Å²) in [5.74, 6) is -0.124. The number of amides is 1. The molecule has 1 amide bonds. The highest BCUT2D eigenvalue weighted by Gasteiger charge is 2.48. The highest BCUT2D eigenvalue weighted by Crippen LogP contribution is 2.37. The molecule has 1 aliphatic heterocycles. The Morgan fingerprint density at radius 3 is 2.39 bits per heavy atom. The molecule has 0 N–H and O–H groups in total. The lowest BCUT2D eigenvalue weighted by molar-refractivity contribution is -0.148. The second-order valence-corrected chi connectivity index (χ2v) is 8.55. The van der Waals surface area contributed by atoms with Crippen molar-refractivity contribution in [1.82, 2.24) is 4.90 Å². The van der Waals surface area contributed by atoms with Gasteiger partial charge in [0.15, 0.2) is 0 Å². The summed E-state index contributed by atoms with van der Waals surface area (Å²) in [6.07, 6.45) is 3.95. The van der Waals surface area contributed by atoms with E-state index in [4.69, 9.17) is 9.47 Å². The lowest BCUT2D eigenvalue weighted by atomic mass is 9.89. The van der Waals surface area contributed by atoms with Crippen LogP contribution in [0.5, 0.6) is 0 Å². The first-order valence-electron chi connectivity index (χ1n) is 10.5. The van der Waals surface area contributed by atoms with Crippen LogP contribution in [0.15, 0.2) is 30.3 Å². The van der Waals surface area contributed by atoms with Crippen molar-refractivity contribution in [2.75, 3.05) is 6.61 Å². The van der Waals surface area contributed by atoms with Crippen molar-refractivity contribution in [3.8, 4) is 0 Å². The Balaban J connectivity index is 2.31. The number of likely N-dealkylation sites (tertiary alicyclic amines) is 1. The van der Waals surface area contributed by atoms with Gasteiger partial charge in [-0.25, -0.2) is 9.59 Å². The van der Waals surface area contributed by atoms with Gasteiger partial charge < -0.3 is 9.47 Å². The third kappa shape index (κ3) is 5.98. The molecule has 3 atom stereocenters.